The van der Waals surface area contributed by atoms with E-state index in [2.05, 4.69) is 34.0 Å². The minimum atomic E-state index is 0.614. The molecule has 0 aliphatic heterocycles. The van der Waals surface area contributed by atoms with Crippen molar-refractivity contribution in [3.63, 3.8) is 0 Å². The predicted octanol–water partition coefficient (Wildman–Crippen LogP) is 6.79. The van der Waals surface area contributed by atoms with Crippen molar-refractivity contribution in [1.82, 2.24) is 15.0 Å². The van der Waals surface area contributed by atoms with Crippen LogP contribution >= 0.6 is 0 Å². The lowest BCUT2D eigenvalue weighted by Gasteiger charge is -2.06. The average molecular weight is 396 g/mol. The molecular weight excluding hydrogens is 358 g/mol. The van der Waals surface area contributed by atoms with Gasteiger partial charge in [0.2, 0.25) is 5.88 Å². The number of nitrogens with zero attached hydrogens (tertiary/aromatic N) is 3. The molecule has 4 heteroatoms. The Kier molecular flexibility index (Phi) is 9.41. The molecule has 0 N–H and O–H groups in total. The second kappa shape index (κ2) is 12.6. The van der Waals surface area contributed by atoms with E-state index < -0.39 is 0 Å². The molecule has 4 nitrogen and oxygen atoms in total. The van der Waals surface area contributed by atoms with Crippen LogP contribution in [-0.2, 0) is 6.42 Å². The zero-order chi connectivity index (χ0) is 20.2. The predicted molar refractivity (Wildman–Crippen MR) is 119 cm³/mol. The summed E-state index contributed by atoms with van der Waals surface area (Å²) in [5, 5.41) is 0. The fourth-order valence-electron chi connectivity index (χ4n) is 3.65. The number of ether oxygens (including phenoxy) is 1. The minimum Gasteiger partial charge on any atom is -0.477 e. The highest BCUT2D eigenvalue weighted by molar-refractivity contribution is 5.56. The van der Waals surface area contributed by atoms with Gasteiger partial charge in [-0.15, -0.1) is 0 Å². The van der Waals surface area contributed by atoms with Crippen molar-refractivity contribution in [2.75, 3.05) is 6.61 Å². The fourth-order valence-corrected chi connectivity index (χ4v) is 3.65. The summed E-state index contributed by atoms with van der Waals surface area (Å²) in [5.41, 5.74) is 3.02. The van der Waals surface area contributed by atoms with E-state index in [-0.39, 0.29) is 0 Å². The highest BCUT2D eigenvalue weighted by Crippen LogP contribution is 2.34. The fraction of sp³-hybridized carbons (Fsp3) is 0.640. The van der Waals surface area contributed by atoms with E-state index in [4.69, 9.17) is 4.74 Å². The molecular formula is C25H37N3O. The molecule has 2 heterocycles. The zero-order valence-electron chi connectivity index (χ0n) is 18.1. The summed E-state index contributed by atoms with van der Waals surface area (Å²) in [6, 6.07) is 4.21. The molecule has 1 fully saturated rings. The number of hydrogen-bond donors (Lipinski definition) is 0. The first-order chi connectivity index (χ1) is 14.3. The molecule has 0 aromatic carbocycles. The Morgan fingerprint density at radius 1 is 0.828 bits per heavy atom. The number of unbranched alkanes of at least 4 members (excludes halogenated alkanes) is 7. The first-order valence-corrected chi connectivity index (χ1v) is 11.8. The highest BCUT2D eigenvalue weighted by atomic mass is 16.5. The van der Waals surface area contributed by atoms with Gasteiger partial charge in [0.05, 0.1) is 24.7 Å². The lowest BCUT2D eigenvalue weighted by Crippen LogP contribution is -2.00. The topological polar surface area (TPSA) is 47.9 Å². The van der Waals surface area contributed by atoms with E-state index in [1.807, 2.05) is 6.20 Å². The van der Waals surface area contributed by atoms with E-state index in [1.165, 1.54) is 70.6 Å². The normalized spacial score (nSPS) is 13.6. The number of aryl methyl sites for hydroxylation is 1. The van der Waals surface area contributed by atoms with Crippen LogP contribution in [0.4, 0.5) is 0 Å². The van der Waals surface area contributed by atoms with Crippen molar-refractivity contribution in [3.05, 3.63) is 36.4 Å². The van der Waals surface area contributed by atoms with Crippen LogP contribution in [0.2, 0.25) is 0 Å². The SMILES string of the molecule is CCCCCCCc1ccc(-c2cnc(OCCCCCCC3CC3)cn2)cn1. The highest BCUT2D eigenvalue weighted by Gasteiger charge is 2.19. The second-order valence-electron chi connectivity index (χ2n) is 8.44. The standard InChI is InChI=1S/C25H37N3O/c1-2-3-4-5-9-12-23-16-15-22(18-26-23)24-19-28-25(20-27-24)29-17-10-7-6-8-11-21-13-14-21/h15-16,18-21H,2-14,17H2,1H3. The van der Waals surface area contributed by atoms with Crippen molar-refractivity contribution < 1.29 is 4.74 Å². The molecule has 3 rings (SSSR count). The average Bonchev–Trinajstić information content (AvgIpc) is 3.58. The van der Waals surface area contributed by atoms with E-state index in [9.17, 15) is 0 Å². The maximum absolute atomic E-state index is 5.74. The Labute approximate surface area is 176 Å². The molecule has 2 aromatic rings. The van der Waals surface area contributed by atoms with Crippen LogP contribution in [0, 0.1) is 5.92 Å². The zero-order valence-corrected chi connectivity index (χ0v) is 18.1. The van der Waals surface area contributed by atoms with Crippen LogP contribution in [0.5, 0.6) is 5.88 Å². The van der Waals surface area contributed by atoms with Crippen molar-refractivity contribution in [2.24, 2.45) is 5.92 Å². The van der Waals surface area contributed by atoms with Gasteiger partial charge in [0, 0.05) is 17.5 Å². The number of aromatic nitrogens is 3. The second-order valence-corrected chi connectivity index (χ2v) is 8.44. The molecule has 1 saturated carbocycles. The molecule has 0 atom stereocenters. The van der Waals surface area contributed by atoms with Gasteiger partial charge >= 0.3 is 0 Å². The van der Waals surface area contributed by atoms with Crippen LogP contribution in [0.15, 0.2) is 30.7 Å². The van der Waals surface area contributed by atoms with Crippen LogP contribution in [0.25, 0.3) is 11.3 Å². The van der Waals surface area contributed by atoms with Crippen molar-refractivity contribution in [2.45, 2.75) is 90.4 Å². The van der Waals surface area contributed by atoms with E-state index in [0.717, 1.165) is 42.3 Å². The maximum atomic E-state index is 5.74. The molecule has 0 bridgehead atoms. The molecule has 1 aliphatic carbocycles. The summed E-state index contributed by atoms with van der Waals surface area (Å²) < 4.78 is 5.74. The lowest BCUT2D eigenvalue weighted by molar-refractivity contribution is 0.292. The van der Waals surface area contributed by atoms with Gasteiger partial charge in [-0.25, -0.2) is 9.97 Å². The Hall–Kier alpha value is -1.97. The van der Waals surface area contributed by atoms with E-state index in [1.54, 1.807) is 12.4 Å². The summed E-state index contributed by atoms with van der Waals surface area (Å²) in [5.74, 6) is 1.67. The Balaban J connectivity index is 1.33. The molecule has 158 valence electrons. The summed E-state index contributed by atoms with van der Waals surface area (Å²) in [4.78, 5) is 13.5. The first-order valence-electron chi connectivity index (χ1n) is 11.8. The third-order valence-corrected chi connectivity index (χ3v) is 5.74. The monoisotopic (exact) mass is 395 g/mol. The third-order valence-electron chi connectivity index (χ3n) is 5.74. The number of hydrogen-bond acceptors (Lipinski definition) is 4. The van der Waals surface area contributed by atoms with Crippen molar-refractivity contribution in [3.8, 4) is 17.1 Å². The quantitative estimate of drug-likeness (QED) is 0.311. The smallest absolute Gasteiger partial charge is 0.232 e. The summed E-state index contributed by atoms with van der Waals surface area (Å²) >= 11 is 0. The largest absolute Gasteiger partial charge is 0.477 e. The van der Waals surface area contributed by atoms with Gasteiger partial charge in [-0.05, 0) is 37.3 Å². The molecule has 29 heavy (non-hydrogen) atoms. The van der Waals surface area contributed by atoms with Crippen LogP contribution in [-0.4, -0.2) is 21.6 Å². The van der Waals surface area contributed by atoms with Gasteiger partial charge < -0.3 is 4.74 Å². The van der Waals surface area contributed by atoms with Crippen LogP contribution < -0.4 is 4.74 Å². The molecule has 0 amide bonds. The number of pyridine rings is 1. The summed E-state index contributed by atoms with van der Waals surface area (Å²) in [7, 11) is 0. The maximum Gasteiger partial charge on any atom is 0.232 e. The molecule has 1 aliphatic rings. The van der Waals surface area contributed by atoms with Crippen LogP contribution in [0.3, 0.4) is 0 Å². The first kappa shape index (κ1) is 21.7. The van der Waals surface area contributed by atoms with Gasteiger partial charge in [-0.1, -0.05) is 71.1 Å². The van der Waals surface area contributed by atoms with Crippen LogP contribution in [0.1, 0.15) is 89.7 Å². The Bertz CT molecular complexity index is 680. The Morgan fingerprint density at radius 3 is 2.38 bits per heavy atom. The molecule has 0 radical (unpaired) electrons. The van der Waals surface area contributed by atoms with Gasteiger partial charge in [0.15, 0.2) is 0 Å². The summed E-state index contributed by atoms with van der Waals surface area (Å²) in [6.07, 6.45) is 22.4. The summed E-state index contributed by atoms with van der Waals surface area (Å²) in [6.45, 7) is 2.98. The molecule has 0 spiro atoms. The van der Waals surface area contributed by atoms with Crippen molar-refractivity contribution in [1.29, 1.82) is 0 Å². The van der Waals surface area contributed by atoms with Gasteiger partial charge in [-0.2, -0.15) is 0 Å². The molecule has 0 unspecified atom stereocenters. The number of rotatable bonds is 15. The van der Waals surface area contributed by atoms with Gasteiger partial charge in [-0.3, -0.25) is 4.98 Å². The molecule has 0 saturated heterocycles. The van der Waals surface area contributed by atoms with Gasteiger partial charge in [0.25, 0.3) is 0 Å². The third kappa shape index (κ3) is 8.51. The van der Waals surface area contributed by atoms with E-state index >= 15 is 0 Å². The van der Waals surface area contributed by atoms with Crippen molar-refractivity contribution >= 4 is 0 Å². The van der Waals surface area contributed by atoms with E-state index in [0.29, 0.717) is 5.88 Å². The molecule has 2 aromatic heterocycles. The Morgan fingerprint density at radius 2 is 1.66 bits per heavy atom. The lowest BCUT2D eigenvalue weighted by atomic mass is 10.1. The van der Waals surface area contributed by atoms with Gasteiger partial charge in [0.1, 0.15) is 0 Å². The minimum absolute atomic E-state index is 0.614.